The minimum absolute atomic E-state index is 0.0411. The van der Waals surface area contributed by atoms with Crippen LogP contribution in [0.25, 0.3) is 0 Å². The van der Waals surface area contributed by atoms with Gasteiger partial charge in [0.05, 0.1) is 20.3 Å². The van der Waals surface area contributed by atoms with Gasteiger partial charge in [-0.25, -0.2) is 8.78 Å². The first kappa shape index (κ1) is 15.2. The van der Waals surface area contributed by atoms with E-state index in [0.29, 0.717) is 13.1 Å². The fourth-order valence-electron chi connectivity index (χ4n) is 3.58. The van der Waals surface area contributed by atoms with Crippen molar-refractivity contribution >= 4 is 5.91 Å². The number of aliphatic hydroxyl groups is 2. The van der Waals surface area contributed by atoms with Crippen molar-refractivity contribution in [2.75, 3.05) is 33.4 Å². The van der Waals surface area contributed by atoms with Crippen molar-refractivity contribution in [1.29, 1.82) is 0 Å². The molecule has 5 nitrogen and oxygen atoms in total. The average Bonchev–Trinajstić information content (AvgIpc) is 2.87. The van der Waals surface area contributed by atoms with E-state index in [-0.39, 0.29) is 30.6 Å². The second kappa shape index (κ2) is 5.17. The number of piperidine rings is 1. The zero-order chi connectivity index (χ0) is 16.1. The van der Waals surface area contributed by atoms with Crippen LogP contribution in [0.2, 0.25) is 0 Å². The Hall–Kier alpha value is -1.73. The molecule has 0 aromatic heterocycles. The summed E-state index contributed by atoms with van der Waals surface area (Å²) in [5, 5.41) is 18.7. The molecular formula is C15H17F2NO4. The zero-order valence-electron chi connectivity index (χ0n) is 12.1. The number of halogens is 2. The smallest absolute Gasteiger partial charge is 0.254 e. The molecule has 0 spiro atoms. The van der Waals surface area contributed by atoms with Gasteiger partial charge < -0.3 is 19.8 Å². The molecule has 2 fully saturated rings. The van der Waals surface area contributed by atoms with Crippen LogP contribution in [0.15, 0.2) is 12.1 Å². The number of hydrogen-bond acceptors (Lipinski definition) is 4. The summed E-state index contributed by atoms with van der Waals surface area (Å²) in [6, 6.07) is 1.92. The highest BCUT2D eigenvalue weighted by atomic mass is 19.1. The molecule has 2 atom stereocenters. The van der Waals surface area contributed by atoms with E-state index in [1.165, 1.54) is 4.90 Å². The zero-order valence-corrected chi connectivity index (χ0v) is 12.1. The van der Waals surface area contributed by atoms with Gasteiger partial charge in [0, 0.05) is 24.1 Å². The van der Waals surface area contributed by atoms with E-state index in [4.69, 9.17) is 0 Å². The van der Waals surface area contributed by atoms with Crippen molar-refractivity contribution in [3.8, 4) is 5.75 Å². The largest absolute Gasteiger partial charge is 0.491 e. The Balaban J connectivity index is 1.75. The van der Waals surface area contributed by atoms with Gasteiger partial charge >= 0.3 is 0 Å². The van der Waals surface area contributed by atoms with E-state index < -0.39 is 28.7 Å². The lowest BCUT2D eigenvalue weighted by Gasteiger charge is -2.24. The van der Waals surface area contributed by atoms with Crippen LogP contribution in [0, 0.1) is 28.9 Å². The SMILES string of the molecule is COc1c(F)cc(C(=O)N2CC3C(C2)C3(CO)CO)cc1F. The van der Waals surface area contributed by atoms with Crippen LogP contribution in [-0.4, -0.2) is 54.4 Å². The first-order chi connectivity index (χ1) is 10.5. The van der Waals surface area contributed by atoms with Crippen LogP contribution in [0.3, 0.4) is 0 Å². The summed E-state index contributed by atoms with van der Waals surface area (Å²) in [7, 11) is 1.15. The van der Waals surface area contributed by atoms with Crippen molar-refractivity contribution in [2.45, 2.75) is 0 Å². The normalized spacial score (nSPS) is 25.0. The molecule has 1 aromatic carbocycles. The summed E-state index contributed by atoms with van der Waals surface area (Å²) in [6.45, 7) is 0.513. The molecule has 3 rings (SSSR count). The average molecular weight is 313 g/mol. The summed E-state index contributed by atoms with van der Waals surface area (Å²) >= 11 is 0. The standard InChI is InChI=1S/C15H17F2NO4/c1-22-13-11(16)2-8(3-12(13)17)14(21)18-4-9-10(5-18)15(9,6-19)7-20/h2-3,9-10,19-20H,4-7H2,1H3. The van der Waals surface area contributed by atoms with Crippen molar-refractivity contribution in [3.05, 3.63) is 29.3 Å². The van der Waals surface area contributed by atoms with Gasteiger partial charge in [-0.05, 0) is 24.0 Å². The highest BCUT2D eigenvalue weighted by molar-refractivity contribution is 5.94. The van der Waals surface area contributed by atoms with Crippen molar-refractivity contribution in [3.63, 3.8) is 0 Å². The maximum Gasteiger partial charge on any atom is 0.254 e. The highest BCUT2D eigenvalue weighted by Gasteiger charge is 2.68. The van der Waals surface area contributed by atoms with Crippen LogP contribution < -0.4 is 4.74 Å². The Morgan fingerprint density at radius 1 is 1.27 bits per heavy atom. The molecule has 2 unspecified atom stereocenters. The molecule has 1 saturated heterocycles. The van der Waals surface area contributed by atoms with E-state index in [9.17, 15) is 23.8 Å². The first-order valence-electron chi connectivity index (χ1n) is 7.02. The molecule has 1 saturated carbocycles. The van der Waals surface area contributed by atoms with Crippen LogP contribution >= 0.6 is 0 Å². The monoisotopic (exact) mass is 313 g/mol. The van der Waals surface area contributed by atoms with Gasteiger partial charge in [-0.2, -0.15) is 0 Å². The van der Waals surface area contributed by atoms with Crippen molar-refractivity contribution in [2.24, 2.45) is 17.3 Å². The Bertz CT molecular complexity index is 581. The number of aliphatic hydroxyl groups excluding tert-OH is 2. The lowest BCUT2D eigenvalue weighted by atomic mass is 10.0. The topological polar surface area (TPSA) is 70.0 Å². The molecule has 2 N–H and O–H groups in total. The molecule has 120 valence electrons. The van der Waals surface area contributed by atoms with Crippen LogP contribution in [0.1, 0.15) is 10.4 Å². The van der Waals surface area contributed by atoms with Gasteiger partial charge in [0.2, 0.25) is 0 Å². The molecule has 0 radical (unpaired) electrons. The molecule has 2 aliphatic rings. The number of fused-ring (bicyclic) bond motifs is 1. The number of nitrogens with zero attached hydrogens (tertiary/aromatic N) is 1. The minimum Gasteiger partial charge on any atom is -0.491 e. The summed E-state index contributed by atoms with van der Waals surface area (Å²) in [4.78, 5) is 13.8. The highest BCUT2D eigenvalue weighted by Crippen LogP contribution is 2.62. The molecule has 1 aliphatic heterocycles. The molecule has 0 bridgehead atoms. The third-order valence-electron chi connectivity index (χ3n) is 5.01. The molecule has 1 aliphatic carbocycles. The van der Waals surface area contributed by atoms with Crippen LogP contribution in [0.4, 0.5) is 8.78 Å². The minimum atomic E-state index is -0.921. The maximum atomic E-state index is 13.7. The second-order valence-corrected chi connectivity index (χ2v) is 5.95. The number of ether oxygens (including phenoxy) is 1. The fraction of sp³-hybridized carbons (Fsp3) is 0.533. The number of likely N-dealkylation sites (tertiary alicyclic amines) is 1. The molecule has 1 amide bonds. The predicted octanol–water partition coefficient (Wildman–Crippen LogP) is 0.646. The molecule has 22 heavy (non-hydrogen) atoms. The molecule has 1 heterocycles. The van der Waals surface area contributed by atoms with Gasteiger partial charge in [0.25, 0.3) is 5.91 Å². The number of carbonyl (C=O) groups excluding carboxylic acids is 1. The number of rotatable bonds is 4. The van der Waals surface area contributed by atoms with E-state index >= 15 is 0 Å². The quantitative estimate of drug-likeness (QED) is 0.856. The maximum absolute atomic E-state index is 13.7. The third kappa shape index (κ3) is 1.99. The van der Waals surface area contributed by atoms with E-state index in [1.807, 2.05) is 0 Å². The Labute approximate surface area is 126 Å². The molecular weight excluding hydrogens is 296 g/mol. The molecule has 1 aromatic rings. The first-order valence-corrected chi connectivity index (χ1v) is 7.02. The van der Waals surface area contributed by atoms with Gasteiger partial charge in [-0.15, -0.1) is 0 Å². The van der Waals surface area contributed by atoms with Crippen LogP contribution in [0.5, 0.6) is 5.75 Å². The third-order valence-corrected chi connectivity index (χ3v) is 5.01. The van der Waals surface area contributed by atoms with Gasteiger partial charge in [-0.1, -0.05) is 0 Å². The van der Waals surface area contributed by atoms with Crippen molar-refractivity contribution < 1.29 is 28.5 Å². The van der Waals surface area contributed by atoms with E-state index in [1.54, 1.807) is 0 Å². The van der Waals surface area contributed by atoms with Gasteiger partial charge in [0.1, 0.15) is 0 Å². The number of benzene rings is 1. The Kier molecular flexibility index (Phi) is 3.57. The predicted molar refractivity (Wildman–Crippen MR) is 72.4 cm³/mol. The van der Waals surface area contributed by atoms with Gasteiger partial charge in [0.15, 0.2) is 17.4 Å². The van der Waals surface area contributed by atoms with Crippen LogP contribution in [-0.2, 0) is 0 Å². The lowest BCUT2D eigenvalue weighted by molar-refractivity contribution is 0.0636. The Morgan fingerprint density at radius 2 is 1.77 bits per heavy atom. The summed E-state index contributed by atoms with van der Waals surface area (Å²) in [5.74, 6) is -2.73. The summed E-state index contributed by atoms with van der Waals surface area (Å²) in [5.41, 5.74) is -0.580. The second-order valence-electron chi connectivity index (χ2n) is 5.95. The summed E-state index contributed by atoms with van der Waals surface area (Å²) < 4.78 is 31.9. The van der Waals surface area contributed by atoms with Gasteiger partial charge in [-0.3, -0.25) is 4.79 Å². The van der Waals surface area contributed by atoms with E-state index in [0.717, 1.165) is 19.2 Å². The Morgan fingerprint density at radius 3 is 2.18 bits per heavy atom. The number of hydrogen-bond donors (Lipinski definition) is 2. The van der Waals surface area contributed by atoms with Crippen molar-refractivity contribution in [1.82, 2.24) is 4.90 Å². The summed E-state index contributed by atoms with van der Waals surface area (Å²) in [6.07, 6.45) is 0. The number of carbonyl (C=O) groups is 1. The van der Waals surface area contributed by atoms with E-state index in [2.05, 4.69) is 4.74 Å². The number of amides is 1. The fourth-order valence-corrected chi connectivity index (χ4v) is 3.58. The number of methoxy groups -OCH3 is 1. The lowest BCUT2D eigenvalue weighted by Crippen LogP contribution is -2.36. The molecule has 7 heteroatoms.